The van der Waals surface area contributed by atoms with Gasteiger partial charge in [-0.15, -0.1) is 5.10 Å². The first-order chi connectivity index (χ1) is 10.4. The van der Waals surface area contributed by atoms with Crippen LogP contribution in [0.3, 0.4) is 0 Å². The standard InChI is InChI=1S/C13H11F3N4O2/c14-13(15,16)11-18-12(20-19-11)17-10(21)8-5-7-3-1-2-4-9(7)22-6-8/h1-4,8H,5-6H2,(H2,17,18,19,20,21)/t8-/m0/s1. The van der Waals surface area contributed by atoms with Crippen LogP contribution in [0, 0.1) is 5.92 Å². The molecule has 1 atom stereocenters. The number of alkyl halides is 3. The predicted molar refractivity (Wildman–Crippen MR) is 69.1 cm³/mol. The number of hydrogen-bond acceptors (Lipinski definition) is 4. The number of nitrogens with zero attached hydrogens (tertiary/aromatic N) is 2. The van der Waals surface area contributed by atoms with Crippen LogP contribution in [0.5, 0.6) is 5.75 Å². The van der Waals surface area contributed by atoms with E-state index in [1.165, 1.54) is 0 Å². The minimum absolute atomic E-state index is 0.152. The average Bonchev–Trinajstić information content (AvgIpc) is 2.95. The number of benzene rings is 1. The number of aromatic amines is 1. The molecule has 0 radical (unpaired) electrons. The van der Waals surface area contributed by atoms with Crippen molar-refractivity contribution in [3.63, 3.8) is 0 Å². The van der Waals surface area contributed by atoms with Gasteiger partial charge < -0.3 is 4.74 Å². The van der Waals surface area contributed by atoms with Gasteiger partial charge in [0.25, 0.3) is 0 Å². The summed E-state index contributed by atoms with van der Waals surface area (Å²) in [5.41, 5.74) is 0.875. The highest BCUT2D eigenvalue weighted by atomic mass is 19.4. The van der Waals surface area contributed by atoms with E-state index in [1.807, 2.05) is 18.2 Å². The Balaban J connectivity index is 1.67. The number of anilines is 1. The number of ether oxygens (including phenoxy) is 1. The Kier molecular flexibility index (Phi) is 3.47. The number of H-pyrrole nitrogens is 1. The molecule has 9 heteroatoms. The van der Waals surface area contributed by atoms with Crippen LogP contribution in [-0.4, -0.2) is 27.7 Å². The highest BCUT2D eigenvalue weighted by molar-refractivity contribution is 5.91. The van der Waals surface area contributed by atoms with Gasteiger partial charge in [0.2, 0.25) is 17.7 Å². The number of carbonyl (C=O) groups excluding carboxylic acids is 1. The third-order valence-corrected chi connectivity index (χ3v) is 3.24. The average molecular weight is 312 g/mol. The van der Waals surface area contributed by atoms with E-state index in [0.29, 0.717) is 12.2 Å². The molecule has 0 unspecified atom stereocenters. The van der Waals surface area contributed by atoms with E-state index < -0.39 is 29.8 Å². The number of rotatable bonds is 2. The molecule has 0 saturated heterocycles. The second-order valence-corrected chi connectivity index (χ2v) is 4.81. The van der Waals surface area contributed by atoms with Gasteiger partial charge in [-0.25, -0.2) is 0 Å². The molecular formula is C13H11F3N4O2. The van der Waals surface area contributed by atoms with Gasteiger partial charge in [0, 0.05) is 0 Å². The maximum absolute atomic E-state index is 12.4. The number of para-hydroxylation sites is 1. The van der Waals surface area contributed by atoms with Gasteiger partial charge in [0.15, 0.2) is 0 Å². The summed E-state index contributed by atoms with van der Waals surface area (Å²) in [6, 6.07) is 7.29. The van der Waals surface area contributed by atoms with Crippen LogP contribution >= 0.6 is 0 Å². The molecule has 2 N–H and O–H groups in total. The number of halogens is 3. The maximum Gasteiger partial charge on any atom is 0.451 e. The van der Waals surface area contributed by atoms with Crippen LogP contribution < -0.4 is 10.1 Å². The Labute approximate surface area is 122 Å². The Hall–Kier alpha value is -2.58. The summed E-state index contributed by atoms with van der Waals surface area (Å²) in [4.78, 5) is 15.3. The van der Waals surface area contributed by atoms with Gasteiger partial charge in [-0.2, -0.15) is 18.2 Å². The largest absolute Gasteiger partial charge is 0.492 e. The van der Waals surface area contributed by atoms with Crippen LogP contribution in [0.4, 0.5) is 19.1 Å². The van der Waals surface area contributed by atoms with Crippen molar-refractivity contribution in [3.05, 3.63) is 35.7 Å². The maximum atomic E-state index is 12.4. The highest BCUT2D eigenvalue weighted by Gasteiger charge is 2.35. The van der Waals surface area contributed by atoms with Crippen LogP contribution in [0.15, 0.2) is 24.3 Å². The van der Waals surface area contributed by atoms with Crippen molar-refractivity contribution < 1.29 is 22.7 Å². The number of aromatic nitrogens is 3. The van der Waals surface area contributed by atoms with E-state index in [4.69, 9.17) is 4.74 Å². The quantitative estimate of drug-likeness (QED) is 0.889. The smallest absolute Gasteiger partial charge is 0.451 e. The molecule has 0 saturated carbocycles. The molecule has 1 aromatic heterocycles. The van der Waals surface area contributed by atoms with Gasteiger partial charge in [0.1, 0.15) is 12.4 Å². The third kappa shape index (κ3) is 2.87. The van der Waals surface area contributed by atoms with Crippen molar-refractivity contribution in [2.24, 2.45) is 5.92 Å². The molecular weight excluding hydrogens is 301 g/mol. The molecule has 0 fully saturated rings. The minimum atomic E-state index is -4.64. The summed E-state index contributed by atoms with van der Waals surface area (Å²) in [6.45, 7) is 0.152. The monoisotopic (exact) mass is 312 g/mol. The fraction of sp³-hybridized carbons (Fsp3) is 0.308. The topological polar surface area (TPSA) is 79.9 Å². The minimum Gasteiger partial charge on any atom is -0.492 e. The van der Waals surface area contributed by atoms with Gasteiger partial charge in [-0.3, -0.25) is 15.2 Å². The molecule has 116 valence electrons. The Morgan fingerprint density at radius 1 is 1.36 bits per heavy atom. The summed E-state index contributed by atoms with van der Waals surface area (Å²) in [7, 11) is 0. The lowest BCUT2D eigenvalue weighted by molar-refractivity contribution is -0.144. The van der Waals surface area contributed by atoms with Crippen LogP contribution in [-0.2, 0) is 17.4 Å². The zero-order valence-corrected chi connectivity index (χ0v) is 11.1. The highest BCUT2D eigenvalue weighted by Crippen LogP contribution is 2.28. The van der Waals surface area contributed by atoms with Gasteiger partial charge in [-0.1, -0.05) is 18.2 Å². The molecule has 1 aliphatic heterocycles. The predicted octanol–water partition coefficient (Wildman–Crippen LogP) is 2.01. The van der Waals surface area contributed by atoms with E-state index >= 15 is 0 Å². The molecule has 0 aliphatic carbocycles. The van der Waals surface area contributed by atoms with Gasteiger partial charge in [0.05, 0.1) is 5.92 Å². The van der Waals surface area contributed by atoms with Crippen molar-refractivity contribution in [1.82, 2.24) is 15.2 Å². The van der Waals surface area contributed by atoms with E-state index in [9.17, 15) is 18.0 Å². The second-order valence-electron chi connectivity index (χ2n) is 4.81. The molecule has 1 aromatic carbocycles. The Morgan fingerprint density at radius 2 is 2.14 bits per heavy atom. The Bertz CT molecular complexity index is 699. The van der Waals surface area contributed by atoms with E-state index in [2.05, 4.69) is 15.4 Å². The van der Waals surface area contributed by atoms with Crippen molar-refractivity contribution in [3.8, 4) is 5.75 Å². The summed E-state index contributed by atoms with van der Waals surface area (Å²) < 4.78 is 42.6. The number of fused-ring (bicyclic) bond motifs is 1. The van der Waals surface area contributed by atoms with Gasteiger partial charge >= 0.3 is 6.18 Å². The van der Waals surface area contributed by atoms with E-state index in [0.717, 1.165) is 5.56 Å². The number of hydrogen-bond donors (Lipinski definition) is 2. The fourth-order valence-corrected chi connectivity index (χ4v) is 2.15. The first kappa shape index (κ1) is 14.4. The number of amides is 1. The number of nitrogens with one attached hydrogen (secondary N) is 2. The summed E-state index contributed by atoms with van der Waals surface area (Å²) >= 11 is 0. The molecule has 1 aliphatic rings. The molecule has 3 rings (SSSR count). The zero-order valence-electron chi connectivity index (χ0n) is 11.1. The van der Waals surface area contributed by atoms with Crippen molar-refractivity contribution in [2.45, 2.75) is 12.6 Å². The molecule has 2 aromatic rings. The summed E-state index contributed by atoms with van der Waals surface area (Å²) in [6.07, 6.45) is -4.19. The summed E-state index contributed by atoms with van der Waals surface area (Å²) in [5, 5.41) is 7.33. The lowest BCUT2D eigenvalue weighted by Crippen LogP contribution is -2.32. The Morgan fingerprint density at radius 3 is 2.86 bits per heavy atom. The molecule has 1 amide bonds. The summed E-state index contributed by atoms with van der Waals surface area (Å²) in [5.74, 6) is -1.95. The molecule has 6 nitrogen and oxygen atoms in total. The lowest BCUT2D eigenvalue weighted by atomic mass is 9.96. The second kappa shape index (κ2) is 5.32. The first-order valence-electron chi connectivity index (χ1n) is 6.44. The van der Waals surface area contributed by atoms with E-state index in [1.54, 1.807) is 11.2 Å². The van der Waals surface area contributed by atoms with Crippen LogP contribution in [0.25, 0.3) is 0 Å². The third-order valence-electron chi connectivity index (χ3n) is 3.24. The van der Waals surface area contributed by atoms with Gasteiger partial charge in [-0.05, 0) is 18.1 Å². The molecule has 0 spiro atoms. The SMILES string of the molecule is O=C(Nc1n[nH]c(C(F)(F)F)n1)[C@@H]1COc2ccccc2C1. The zero-order chi connectivity index (χ0) is 15.7. The van der Waals surface area contributed by atoms with Crippen LogP contribution in [0.1, 0.15) is 11.4 Å². The molecule has 0 bridgehead atoms. The molecule has 2 heterocycles. The van der Waals surface area contributed by atoms with Crippen molar-refractivity contribution in [2.75, 3.05) is 11.9 Å². The van der Waals surface area contributed by atoms with Crippen LogP contribution in [0.2, 0.25) is 0 Å². The number of carbonyl (C=O) groups is 1. The molecule has 22 heavy (non-hydrogen) atoms. The fourth-order valence-electron chi connectivity index (χ4n) is 2.15. The first-order valence-corrected chi connectivity index (χ1v) is 6.44. The van der Waals surface area contributed by atoms with Crippen molar-refractivity contribution >= 4 is 11.9 Å². The van der Waals surface area contributed by atoms with Crippen molar-refractivity contribution in [1.29, 1.82) is 0 Å². The van der Waals surface area contributed by atoms with E-state index in [-0.39, 0.29) is 6.61 Å². The normalized spacial score (nSPS) is 17.5. The lowest BCUT2D eigenvalue weighted by Gasteiger charge is -2.23.